The quantitative estimate of drug-likeness (QED) is 0.637. The molecule has 1 aliphatic heterocycles. The Morgan fingerprint density at radius 2 is 1.84 bits per heavy atom. The summed E-state index contributed by atoms with van der Waals surface area (Å²) in [6.07, 6.45) is 1.77. The van der Waals surface area contributed by atoms with E-state index in [0.29, 0.717) is 22.0 Å². The zero-order valence-corrected chi connectivity index (χ0v) is 10.6. The van der Waals surface area contributed by atoms with Gasteiger partial charge in [0.15, 0.2) is 0 Å². The molecule has 3 nitrogen and oxygen atoms in total. The van der Waals surface area contributed by atoms with Gasteiger partial charge in [-0.25, -0.2) is 4.79 Å². The van der Waals surface area contributed by atoms with Crippen molar-refractivity contribution in [3.63, 3.8) is 0 Å². The lowest BCUT2D eigenvalue weighted by atomic mass is 10.1. The van der Waals surface area contributed by atoms with Crippen molar-refractivity contribution in [1.29, 1.82) is 0 Å². The summed E-state index contributed by atoms with van der Waals surface area (Å²) in [5.74, 6) is 0.200. The first kappa shape index (κ1) is 11.8. The van der Waals surface area contributed by atoms with E-state index in [0.717, 1.165) is 11.1 Å². The molecule has 0 aromatic heterocycles. The number of nitrogens with two attached hydrogens (primary N) is 1. The van der Waals surface area contributed by atoms with Gasteiger partial charge in [0, 0.05) is 5.56 Å². The summed E-state index contributed by atoms with van der Waals surface area (Å²) in [6.45, 7) is 0. The zero-order chi connectivity index (χ0) is 13.4. The molecule has 0 saturated heterocycles. The fraction of sp³-hybridized carbons (Fsp3) is 0. The molecule has 0 radical (unpaired) electrons. The van der Waals surface area contributed by atoms with Crippen LogP contribution in [0, 0.1) is 0 Å². The molecule has 1 heterocycles. The van der Waals surface area contributed by atoms with Crippen LogP contribution >= 0.6 is 11.6 Å². The van der Waals surface area contributed by atoms with Crippen molar-refractivity contribution < 1.29 is 9.53 Å². The lowest BCUT2D eigenvalue weighted by Gasteiger charge is -2.01. The molecule has 1 aliphatic rings. The first-order valence-electron chi connectivity index (χ1n) is 5.73. The average Bonchev–Trinajstić information content (AvgIpc) is 2.72. The molecule has 3 rings (SSSR count). The second-order valence-electron chi connectivity index (χ2n) is 4.22. The Kier molecular flexibility index (Phi) is 2.76. The Morgan fingerprint density at radius 3 is 2.58 bits per heavy atom. The van der Waals surface area contributed by atoms with Gasteiger partial charge in [-0.3, -0.25) is 0 Å². The molecule has 2 aromatic carbocycles. The average molecular weight is 272 g/mol. The molecule has 0 unspecified atom stereocenters. The normalized spacial score (nSPS) is 15.4. The third-order valence-electron chi connectivity index (χ3n) is 2.93. The highest BCUT2D eigenvalue weighted by Gasteiger charge is 2.25. The number of cyclic esters (lactones) is 1. The maximum absolute atomic E-state index is 11.7. The number of esters is 1. The molecule has 94 valence electrons. The van der Waals surface area contributed by atoms with E-state index in [9.17, 15) is 4.79 Å². The number of fused-ring (bicyclic) bond motifs is 1. The third kappa shape index (κ3) is 2.09. The number of hydrogen-bond donors (Lipinski definition) is 1. The molecule has 0 saturated carbocycles. The van der Waals surface area contributed by atoms with Crippen molar-refractivity contribution in [2.75, 3.05) is 5.73 Å². The lowest BCUT2D eigenvalue weighted by Crippen LogP contribution is -1.92. The number of carbonyl (C=O) groups is 1. The molecule has 0 fully saturated rings. The molecular formula is C15H10ClNO2. The van der Waals surface area contributed by atoms with Crippen molar-refractivity contribution in [3.05, 3.63) is 64.2 Å². The van der Waals surface area contributed by atoms with Crippen LogP contribution in [0.1, 0.15) is 21.5 Å². The summed E-state index contributed by atoms with van der Waals surface area (Å²) >= 11 is 5.87. The number of carbonyl (C=O) groups excluding carboxylic acids is 1. The van der Waals surface area contributed by atoms with Gasteiger partial charge in [-0.05, 0) is 29.8 Å². The van der Waals surface area contributed by atoms with Crippen LogP contribution in [-0.2, 0) is 4.74 Å². The summed E-state index contributed by atoms with van der Waals surface area (Å²) in [7, 11) is 0. The van der Waals surface area contributed by atoms with Crippen LogP contribution in [0.5, 0.6) is 0 Å². The molecular weight excluding hydrogens is 262 g/mol. The van der Waals surface area contributed by atoms with Crippen LogP contribution in [0.25, 0.3) is 11.8 Å². The minimum atomic E-state index is -0.330. The molecule has 0 atom stereocenters. The molecule has 19 heavy (non-hydrogen) atoms. The highest BCUT2D eigenvalue weighted by atomic mass is 35.5. The van der Waals surface area contributed by atoms with Crippen LogP contribution in [0.3, 0.4) is 0 Å². The van der Waals surface area contributed by atoms with Gasteiger partial charge >= 0.3 is 5.97 Å². The number of hydrogen-bond acceptors (Lipinski definition) is 3. The van der Waals surface area contributed by atoms with Crippen molar-refractivity contribution >= 4 is 35.1 Å². The lowest BCUT2D eigenvalue weighted by molar-refractivity contribution is 0.0717. The fourth-order valence-corrected chi connectivity index (χ4v) is 2.11. The Labute approximate surface area is 115 Å². The van der Waals surface area contributed by atoms with Gasteiger partial charge in [0.2, 0.25) is 0 Å². The third-order valence-corrected chi connectivity index (χ3v) is 3.28. The van der Waals surface area contributed by atoms with Gasteiger partial charge in [-0.2, -0.15) is 0 Å². The topological polar surface area (TPSA) is 52.3 Å². The SMILES string of the molecule is Nc1cc(C=C2OC(=O)c3ccccc32)ccc1Cl. The number of rotatable bonds is 1. The molecule has 0 spiro atoms. The number of halogens is 1. The van der Waals surface area contributed by atoms with E-state index in [-0.39, 0.29) is 5.97 Å². The van der Waals surface area contributed by atoms with Crippen LogP contribution < -0.4 is 5.73 Å². The Bertz CT molecular complexity index is 707. The number of nitrogen functional groups attached to an aromatic ring is 1. The smallest absolute Gasteiger partial charge is 0.344 e. The van der Waals surface area contributed by atoms with Gasteiger partial charge < -0.3 is 10.5 Å². The second kappa shape index (κ2) is 4.44. The summed E-state index contributed by atoms with van der Waals surface area (Å²) in [6, 6.07) is 12.5. The fourth-order valence-electron chi connectivity index (χ4n) is 2.00. The standard InChI is InChI=1S/C15H10ClNO2/c16-12-6-5-9(7-13(12)17)8-14-10-3-1-2-4-11(10)15(18)19-14/h1-8H,17H2. The zero-order valence-electron chi connectivity index (χ0n) is 9.89. The molecule has 4 heteroatoms. The largest absolute Gasteiger partial charge is 0.422 e. The molecule has 0 amide bonds. The minimum Gasteiger partial charge on any atom is -0.422 e. The summed E-state index contributed by atoms with van der Waals surface area (Å²) in [5.41, 5.74) is 8.45. The Balaban J connectivity index is 2.06. The van der Waals surface area contributed by atoms with E-state index in [1.807, 2.05) is 24.3 Å². The van der Waals surface area contributed by atoms with Crippen molar-refractivity contribution in [1.82, 2.24) is 0 Å². The van der Waals surface area contributed by atoms with E-state index in [2.05, 4.69) is 0 Å². The Hall–Kier alpha value is -2.26. The van der Waals surface area contributed by atoms with Gasteiger partial charge in [-0.15, -0.1) is 0 Å². The minimum absolute atomic E-state index is 0.330. The van der Waals surface area contributed by atoms with Crippen LogP contribution in [0.4, 0.5) is 5.69 Å². The summed E-state index contributed by atoms with van der Waals surface area (Å²) < 4.78 is 5.25. The first-order chi connectivity index (χ1) is 9.15. The van der Waals surface area contributed by atoms with Gasteiger partial charge in [0.25, 0.3) is 0 Å². The van der Waals surface area contributed by atoms with Crippen LogP contribution in [0.15, 0.2) is 42.5 Å². The summed E-state index contributed by atoms with van der Waals surface area (Å²) in [4.78, 5) is 11.7. The van der Waals surface area contributed by atoms with Crippen molar-refractivity contribution in [3.8, 4) is 0 Å². The van der Waals surface area contributed by atoms with Gasteiger partial charge in [0.1, 0.15) is 5.76 Å². The van der Waals surface area contributed by atoms with Crippen LogP contribution in [0.2, 0.25) is 5.02 Å². The molecule has 2 N–H and O–H groups in total. The number of benzene rings is 2. The Morgan fingerprint density at radius 1 is 1.11 bits per heavy atom. The van der Waals surface area contributed by atoms with E-state index in [4.69, 9.17) is 22.1 Å². The number of anilines is 1. The molecule has 0 bridgehead atoms. The van der Waals surface area contributed by atoms with E-state index >= 15 is 0 Å². The highest BCUT2D eigenvalue weighted by molar-refractivity contribution is 6.33. The highest BCUT2D eigenvalue weighted by Crippen LogP contribution is 2.31. The number of ether oxygens (including phenoxy) is 1. The molecule has 2 aromatic rings. The van der Waals surface area contributed by atoms with Gasteiger partial charge in [0.05, 0.1) is 16.3 Å². The predicted molar refractivity (Wildman–Crippen MR) is 75.6 cm³/mol. The van der Waals surface area contributed by atoms with Gasteiger partial charge in [-0.1, -0.05) is 35.9 Å². The summed E-state index contributed by atoms with van der Waals surface area (Å²) in [5, 5.41) is 0.506. The predicted octanol–water partition coefficient (Wildman–Crippen LogP) is 3.59. The van der Waals surface area contributed by atoms with E-state index in [1.165, 1.54) is 0 Å². The second-order valence-corrected chi connectivity index (χ2v) is 4.63. The first-order valence-corrected chi connectivity index (χ1v) is 6.11. The van der Waals surface area contributed by atoms with E-state index < -0.39 is 0 Å². The van der Waals surface area contributed by atoms with Crippen molar-refractivity contribution in [2.24, 2.45) is 0 Å². The monoisotopic (exact) mass is 271 g/mol. The maximum Gasteiger partial charge on any atom is 0.344 e. The maximum atomic E-state index is 11.7. The molecule has 0 aliphatic carbocycles. The van der Waals surface area contributed by atoms with Crippen molar-refractivity contribution in [2.45, 2.75) is 0 Å². The van der Waals surface area contributed by atoms with E-state index in [1.54, 1.807) is 24.3 Å². The van der Waals surface area contributed by atoms with Crippen LogP contribution in [-0.4, -0.2) is 5.97 Å².